The van der Waals surface area contributed by atoms with Gasteiger partial charge in [0.25, 0.3) is 0 Å². The molecule has 0 atom stereocenters. The Morgan fingerprint density at radius 3 is 2.54 bits per heavy atom. The fraction of sp³-hybridized carbons (Fsp3) is 0.474. The highest BCUT2D eigenvalue weighted by molar-refractivity contribution is 7.89. The zero-order valence-corrected chi connectivity index (χ0v) is 17.3. The van der Waals surface area contributed by atoms with Gasteiger partial charge in [0.1, 0.15) is 4.90 Å². The van der Waals surface area contributed by atoms with E-state index in [1.807, 2.05) is 31.2 Å². The summed E-state index contributed by atoms with van der Waals surface area (Å²) in [6, 6.07) is 7.56. The molecule has 0 spiro atoms. The zero-order valence-electron chi connectivity index (χ0n) is 16.4. The van der Waals surface area contributed by atoms with Gasteiger partial charge in [-0.3, -0.25) is 9.48 Å². The van der Waals surface area contributed by atoms with Crippen molar-refractivity contribution in [3.63, 3.8) is 0 Å². The van der Waals surface area contributed by atoms with Crippen LogP contribution in [-0.2, 0) is 26.1 Å². The summed E-state index contributed by atoms with van der Waals surface area (Å²) in [7, 11) is -3.63. The van der Waals surface area contributed by atoms with Gasteiger partial charge in [-0.2, -0.15) is 9.40 Å². The maximum atomic E-state index is 13.0. The monoisotopic (exact) mass is 406 g/mol. The summed E-state index contributed by atoms with van der Waals surface area (Å²) in [6.07, 6.45) is 0.202. The van der Waals surface area contributed by atoms with Gasteiger partial charge >= 0.3 is 0 Å². The number of hydrogen-bond acceptors (Lipinski definition) is 5. The third-order valence-corrected chi connectivity index (χ3v) is 7.00. The Bertz CT molecular complexity index is 962. The number of amides is 1. The van der Waals surface area contributed by atoms with Crippen LogP contribution >= 0.6 is 0 Å². The van der Waals surface area contributed by atoms with Gasteiger partial charge in [0.05, 0.1) is 31.1 Å². The Balaban J connectivity index is 1.71. The quantitative estimate of drug-likeness (QED) is 0.790. The number of para-hydroxylation sites is 1. The van der Waals surface area contributed by atoms with Crippen LogP contribution in [0.25, 0.3) is 0 Å². The summed E-state index contributed by atoms with van der Waals surface area (Å²) < 4.78 is 34.3. The van der Waals surface area contributed by atoms with Crippen molar-refractivity contribution in [2.45, 2.75) is 38.6 Å². The Kier molecular flexibility index (Phi) is 6.17. The van der Waals surface area contributed by atoms with E-state index in [9.17, 15) is 13.2 Å². The number of carbonyl (C=O) groups is 1. The average molecular weight is 407 g/mol. The fourth-order valence-electron chi connectivity index (χ4n) is 3.32. The van der Waals surface area contributed by atoms with Gasteiger partial charge < -0.3 is 10.1 Å². The number of rotatable bonds is 6. The van der Waals surface area contributed by atoms with Crippen LogP contribution in [0.5, 0.6) is 0 Å². The number of aromatic nitrogens is 2. The molecule has 0 aliphatic carbocycles. The predicted molar refractivity (Wildman–Crippen MR) is 106 cm³/mol. The molecule has 8 nitrogen and oxygen atoms in total. The lowest BCUT2D eigenvalue weighted by Gasteiger charge is -2.26. The second-order valence-electron chi connectivity index (χ2n) is 6.85. The van der Waals surface area contributed by atoms with Gasteiger partial charge in [0.15, 0.2) is 0 Å². The topological polar surface area (TPSA) is 93.5 Å². The summed E-state index contributed by atoms with van der Waals surface area (Å²) in [5.74, 6) is -0.139. The number of benzene rings is 1. The molecule has 1 aromatic carbocycles. The van der Waals surface area contributed by atoms with E-state index in [2.05, 4.69) is 10.4 Å². The van der Waals surface area contributed by atoms with Crippen LogP contribution in [0.4, 0.5) is 5.69 Å². The van der Waals surface area contributed by atoms with E-state index in [4.69, 9.17) is 4.74 Å². The van der Waals surface area contributed by atoms with E-state index < -0.39 is 10.0 Å². The van der Waals surface area contributed by atoms with Gasteiger partial charge in [-0.25, -0.2) is 8.42 Å². The van der Waals surface area contributed by atoms with E-state index >= 15 is 0 Å². The van der Waals surface area contributed by atoms with E-state index in [-0.39, 0.29) is 17.2 Å². The van der Waals surface area contributed by atoms with Crippen molar-refractivity contribution in [2.75, 3.05) is 31.6 Å². The lowest BCUT2D eigenvalue weighted by molar-refractivity contribution is -0.116. The minimum atomic E-state index is -3.63. The molecular formula is C19H26N4O4S. The third kappa shape index (κ3) is 4.26. The van der Waals surface area contributed by atoms with Crippen LogP contribution in [0.15, 0.2) is 29.2 Å². The molecular weight excluding hydrogens is 380 g/mol. The molecule has 1 N–H and O–H groups in total. The molecule has 2 aromatic rings. The van der Waals surface area contributed by atoms with Gasteiger partial charge in [0.2, 0.25) is 15.9 Å². The van der Waals surface area contributed by atoms with Crippen molar-refractivity contribution in [2.24, 2.45) is 0 Å². The SMILES string of the molecule is Cc1ccccc1NC(=O)CCn1nc(C)c(S(=O)(=O)N2CCOCC2)c1C. The highest BCUT2D eigenvalue weighted by Crippen LogP contribution is 2.24. The van der Waals surface area contributed by atoms with Crippen LogP contribution in [0, 0.1) is 20.8 Å². The third-order valence-electron chi connectivity index (χ3n) is 4.85. The normalized spacial score (nSPS) is 15.5. The van der Waals surface area contributed by atoms with E-state index in [0.29, 0.717) is 44.2 Å². The lowest BCUT2D eigenvalue weighted by atomic mass is 10.2. The molecule has 28 heavy (non-hydrogen) atoms. The molecule has 1 amide bonds. The number of aryl methyl sites for hydroxylation is 3. The van der Waals surface area contributed by atoms with Crippen molar-refractivity contribution in [3.8, 4) is 0 Å². The minimum absolute atomic E-state index is 0.139. The fourth-order valence-corrected chi connectivity index (χ4v) is 5.10. The Morgan fingerprint density at radius 2 is 1.86 bits per heavy atom. The number of carbonyl (C=O) groups excluding carboxylic acids is 1. The first-order chi connectivity index (χ1) is 13.3. The second-order valence-corrected chi connectivity index (χ2v) is 8.73. The van der Waals surface area contributed by atoms with Gasteiger partial charge in [-0.1, -0.05) is 18.2 Å². The minimum Gasteiger partial charge on any atom is -0.379 e. The summed E-state index contributed by atoms with van der Waals surface area (Å²) >= 11 is 0. The lowest BCUT2D eigenvalue weighted by Crippen LogP contribution is -2.41. The molecule has 1 aliphatic rings. The number of anilines is 1. The second kappa shape index (κ2) is 8.42. The first-order valence-electron chi connectivity index (χ1n) is 9.28. The number of morpholine rings is 1. The van der Waals surface area contributed by atoms with Crippen LogP contribution < -0.4 is 5.32 Å². The predicted octanol–water partition coefficient (Wildman–Crippen LogP) is 1.86. The van der Waals surface area contributed by atoms with E-state index in [0.717, 1.165) is 11.3 Å². The number of nitrogens with zero attached hydrogens (tertiary/aromatic N) is 3. The Labute approximate surface area is 165 Å². The van der Waals surface area contributed by atoms with Crippen LogP contribution in [-0.4, -0.2) is 54.7 Å². The summed E-state index contributed by atoms with van der Waals surface area (Å²) in [4.78, 5) is 12.5. The number of ether oxygens (including phenoxy) is 1. The summed E-state index contributed by atoms with van der Waals surface area (Å²) in [5, 5.41) is 7.25. The van der Waals surface area contributed by atoms with Crippen molar-refractivity contribution in [1.29, 1.82) is 0 Å². The van der Waals surface area contributed by atoms with Crippen molar-refractivity contribution < 1.29 is 17.9 Å². The van der Waals surface area contributed by atoms with E-state index in [1.165, 1.54) is 4.31 Å². The first-order valence-corrected chi connectivity index (χ1v) is 10.7. The maximum absolute atomic E-state index is 13.0. The number of sulfonamides is 1. The summed E-state index contributed by atoms with van der Waals surface area (Å²) in [5.41, 5.74) is 2.76. The van der Waals surface area contributed by atoms with Gasteiger partial charge in [-0.05, 0) is 32.4 Å². The summed E-state index contributed by atoms with van der Waals surface area (Å²) in [6.45, 7) is 7.12. The Hall–Kier alpha value is -2.23. The smallest absolute Gasteiger partial charge is 0.246 e. The molecule has 1 aliphatic heterocycles. The Morgan fingerprint density at radius 1 is 1.18 bits per heavy atom. The maximum Gasteiger partial charge on any atom is 0.246 e. The standard InChI is InChI=1S/C19H26N4O4S/c1-14-6-4-5-7-17(14)20-18(24)8-9-23-16(3)19(15(2)21-23)28(25,26)22-10-12-27-13-11-22/h4-7H,8-13H2,1-3H3,(H,20,24). The molecule has 0 unspecified atom stereocenters. The molecule has 1 aromatic heterocycles. The van der Waals surface area contributed by atoms with Crippen LogP contribution in [0.1, 0.15) is 23.4 Å². The molecule has 2 heterocycles. The highest BCUT2D eigenvalue weighted by Gasteiger charge is 2.32. The molecule has 0 saturated carbocycles. The first kappa shape index (κ1) is 20.5. The molecule has 0 bridgehead atoms. The molecule has 0 radical (unpaired) electrons. The molecule has 3 rings (SSSR count). The largest absolute Gasteiger partial charge is 0.379 e. The van der Waals surface area contributed by atoms with Crippen molar-refractivity contribution in [3.05, 3.63) is 41.2 Å². The highest BCUT2D eigenvalue weighted by atomic mass is 32.2. The van der Waals surface area contributed by atoms with Gasteiger partial charge in [0, 0.05) is 25.2 Å². The zero-order chi connectivity index (χ0) is 20.3. The molecule has 9 heteroatoms. The van der Waals surface area contributed by atoms with E-state index in [1.54, 1.807) is 18.5 Å². The van der Waals surface area contributed by atoms with Crippen LogP contribution in [0.3, 0.4) is 0 Å². The average Bonchev–Trinajstić information content (AvgIpc) is 2.96. The van der Waals surface area contributed by atoms with Crippen molar-refractivity contribution in [1.82, 2.24) is 14.1 Å². The van der Waals surface area contributed by atoms with Gasteiger partial charge in [-0.15, -0.1) is 0 Å². The number of hydrogen-bond donors (Lipinski definition) is 1. The molecule has 152 valence electrons. The van der Waals surface area contributed by atoms with Crippen molar-refractivity contribution >= 4 is 21.6 Å². The molecule has 1 saturated heterocycles. The molecule has 1 fully saturated rings. The number of nitrogens with one attached hydrogen (secondary N) is 1. The van der Waals surface area contributed by atoms with Crippen LogP contribution in [0.2, 0.25) is 0 Å².